The van der Waals surface area contributed by atoms with E-state index in [-0.39, 0.29) is 30.0 Å². The van der Waals surface area contributed by atoms with Crippen molar-refractivity contribution in [3.63, 3.8) is 0 Å². The van der Waals surface area contributed by atoms with Gasteiger partial charge in [0.05, 0.1) is 16.9 Å². The molecule has 2 amide bonds. The van der Waals surface area contributed by atoms with E-state index < -0.39 is 10.8 Å². The lowest BCUT2D eigenvalue weighted by atomic mass is 10.0. The number of aryl methyl sites for hydroxylation is 1. The molecule has 0 aliphatic carbocycles. The van der Waals surface area contributed by atoms with Gasteiger partial charge < -0.3 is 9.80 Å². The first-order chi connectivity index (χ1) is 13.8. The Hall–Kier alpha value is -3.22. The number of anilines is 1. The maximum absolute atomic E-state index is 13.0. The topological polar surface area (TPSA) is 83.8 Å². The molecule has 0 spiro atoms. The number of nitrogens with zero attached hydrogens (tertiary/aromatic N) is 3. The zero-order chi connectivity index (χ0) is 21.1. The average Bonchev–Trinajstić information content (AvgIpc) is 3.13. The molecular formula is C22H25N3O4. The van der Waals surface area contributed by atoms with Crippen molar-refractivity contribution >= 4 is 23.2 Å². The van der Waals surface area contributed by atoms with Crippen molar-refractivity contribution < 1.29 is 14.5 Å². The van der Waals surface area contributed by atoms with Crippen LogP contribution < -0.4 is 4.90 Å². The molecule has 0 N–H and O–H groups in total. The highest BCUT2D eigenvalue weighted by Crippen LogP contribution is 2.29. The maximum Gasteiger partial charge on any atom is 0.269 e. The number of amides is 2. The number of nitro groups is 1. The summed E-state index contributed by atoms with van der Waals surface area (Å²) in [6.07, 6.45) is 1.09. The molecule has 0 aromatic heterocycles. The Balaban J connectivity index is 1.71. The first-order valence-corrected chi connectivity index (χ1v) is 9.72. The van der Waals surface area contributed by atoms with Gasteiger partial charge >= 0.3 is 0 Å². The van der Waals surface area contributed by atoms with Gasteiger partial charge in [0, 0.05) is 37.8 Å². The summed E-state index contributed by atoms with van der Waals surface area (Å²) < 4.78 is 0. The molecule has 3 rings (SSSR count). The van der Waals surface area contributed by atoms with Gasteiger partial charge in [0.15, 0.2) is 0 Å². The smallest absolute Gasteiger partial charge is 0.269 e. The molecule has 152 valence electrons. The number of rotatable bonds is 6. The number of hydrogen-bond acceptors (Lipinski definition) is 4. The van der Waals surface area contributed by atoms with Crippen molar-refractivity contribution in [3.05, 3.63) is 69.8 Å². The summed E-state index contributed by atoms with van der Waals surface area (Å²) >= 11 is 0. The molecule has 2 aromatic carbocycles. The molecule has 1 saturated heterocycles. The fraction of sp³-hybridized carbons (Fsp3) is 0.364. The van der Waals surface area contributed by atoms with Crippen LogP contribution in [0.1, 0.15) is 37.4 Å². The second kappa shape index (κ2) is 8.43. The van der Waals surface area contributed by atoms with Gasteiger partial charge in [0.2, 0.25) is 11.8 Å². The summed E-state index contributed by atoms with van der Waals surface area (Å²) in [7, 11) is 1.68. The number of nitro benzene ring substituents is 1. The molecule has 1 fully saturated rings. The molecular weight excluding hydrogens is 370 g/mol. The third kappa shape index (κ3) is 4.29. The monoisotopic (exact) mass is 395 g/mol. The summed E-state index contributed by atoms with van der Waals surface area (Å²) in [5, 5.41) is 11.0. The van der Waals surface area contributed by atoms with E-state index in [0.717, 1.165) is 12.1 Å². The molecule has 7 heteroatoms. The molecule has 29 heavy (non-hydrogen) atoms. The summed E-state index contributed by atoms with van der Waals surface area (Å²) in [6.45, 7) is 4.24. The molecule has 0 bridgehead atoms. The SMILES string of the molecule is CCc1ccc(N2C[C@@H](C(=O)N(C)[C@H](C)c3cccc([N+](=O)[O-])c3)CC2=O)cc1. The van der Waals surface area contributed by atoms with Crippen LogP contribution in [0.15, 0.2) is 48.5 Å². The zero-order valence-corrected chi connectivity index (χ0v) is 16.9. The van der Waals surface area contributed by atoms with Crippen molar-refractivity contribution in [1.82, 2.24) is 4.90 Å². The van der Waals surface area contributed by atoms with Crippen LogP contribution in [0.4, 0.5) is 11.4 Å². The Kier molecular flexibility index (Phi) is 5.96. The second-order valence-electron chi connectivity index (χ2n) is 7.40. The second-order valence-corrected chi connectivity index (χ2v) is 7.40. The average molecular weight is 395 g/mol. The van der Waals surface area contributed by atoms with Gasteiger partial charge in [-0.25, -0.2) is 0 Å². The van der Waals surface area contributed by atoms with Gasteiger partial charge in [-0.15, -0.1) is 0 Å². The number of benzene rings is 2. The standard InChI is InChI=1S/C22H25N3O4/c1-4-16-8-10-19(11-9-16)24-14-18(13-21(24)26)22(27)23(3)15(2)17-6-5-7-20(12-17)25(28)29/h5-12,15,18H,4,13-14H2,1-3H3/t15-,18+/m1/s1. The van der Waals surface area contributed by atoms with Crippen LogP contribution in [-0.4, -0.2) is 35.2 Å². The highest BCUT2D eigenvalue weighted by molar-refractivity contribution is 6.00. The van der Waals surface area contributed by atoms with Crippen molar-refractivity contribution in [2.45, 2.75) is 32.7 Å². The highest BCUT2D eigenvalue weighted by atomic mass is 16.6. The predicted molar refractivity (Wildman–Crippen MR) is 111 cm³/mol. The molecule has 2 atom stereocenters. The minimum atomic E-state index is -0.449. The molecule has 0 radical (unpaired) electrons. The quantitative estimate of drug-likeness (QED) is 0.551. The molecule has 1 aliphatic rings. The summed E-state index contributed by atoms with van der Waals surface area (Å²) in [4.78, 5) is 39.3. The summed E-state index contributed by atoms with van der Waals surface area (Å²) in [5.74, 6) is -0.631. The fourth-order valence-electron chi connectivity index (χ4n) is 3.63. The van der Waals surface area contributed by atoms with Crippen LogP contribution in [-0.2, 0) is 16.0 Å². The van der Waals surface area contributed by atoms with Gasteiger partial charge in [-0.3, -0.25) is 19.7 Å². The third-order valence-electron chi connectivity index (χ3n) is 5.62. The van der Waals surface area contributed by atoms with Crippen LogP contribution in [0, 0.1) is 16.0 Å². The van der Waals surface area contributed by atoms with E-state index in [0.29, 0.717) is 12.1 Å². The summed E-state index contributed by atoms with van der Waals surface area (Å²) in [5.41, 5.74) is 2.68. The lowest BCUT2D eigenvalue weighted by molar-refractivity contribution is -0.384. The lowest BCUT2D eigenvalue weighted by Crippen LogP contribution is -2.36. The molecule has 0 saturated carbocycles. The van der Waals surface area contributed by atoms with Gasteiger partial charge in [0.1, 0.15) is 0 Å². The molecule has 1 aliphatic heterocycles. The van der Waals surface area contributed by atoms with Gasteiger partial charge in [-0.05, 0) is 36.6 Å². The fourth-order valence-corrected chi connectivity index (χ4v) is 3.63. The Labute approximate surface area is 170 Å². The van der Waals surface area contributed by atoms with E-state index in [1.807, 2.05) is 31.2 Å². The van der Waals surface area contributed by atoms with Crippen LogP contribution in [0.3, 0.4) is 0 Å². The Morgan fingerprint density at radius 3 is 2.59 bits per heavy atom. The maximum atomic E-state index is 13.0. The van der Waals surface area contributed by atoms with E-state index >= 15 is 0 Å². The lowest BCUT2D eigenvalue weighted by Gasteiger charge is -2.27. The number of carbonyl (C=O) groups is 2. The van der Waals surface area contributed by atoms with Crippen LogP contribution in [0.25, 0.3) is 0 Å². The molecule has 0 unspecified atom stereocenters. The predicted octanol–water partition coefficient (Wildman–Crippen LogP) is 3.73. The zero-order valence-electron chi connectivity index (χ0n) is 16.9. The van der Waals surface area contributed by atoms with Crippen LogP contribution in [0.5, 0.6) is 0 Å². The van der Waals surface area contributed by atoms with Crippen molar-refractivity contribution in [1.29, 1.82) is 0 Å². The van der Waals surface area contributed by atoms with Crippen molar-refractivity contribution in [2.24, 2.45) is 5.92 Å². The van der Waals surface area contributed by atoms with E-state index in [4.69, 9.17) is 0 Å². The van der Waals surface area contributed by atoms with Gasteiger partial charge in [-0.1, -0.05) is 31.2 Å². The van der Waals surface area contributed by atoms with Crippen molar-refractivity contribution in [2.75, 3.05) is 18.5 Å². The Bertz CT molecular complexity index is 926. The van der Waals surface area contributed by atoms with E-state index in [9.17, 15) is 19.7 Å². The van der Waals surface area contributed by atoms with E-state index in [2.05, 4.69) is 6.92 Å². The summed E-state index contributed by atoms with van der Waals surface area (Å²) in [6, 6.07) is 13.8. The normalized spacial score (nSPS) is 17.3. The van der Waals surface area contributed by atoms with Crippen LogP contribution in [0.2, 0.25) is 0 Å². The minimum Gasteiger partial charge on any atom is -0.339 e. The first-order valence-electron chi connectivity index (χ1n) is 9.72. The van der Waals surface area contributed by atoms with Gasteiger partial charge in [-0.2, -0.15) is 0 Å². The first kappa shape index (κ1) is 20.5. The Morgan fingerprint density at radius 2 is 1.97 bits per heavy atom. The number of non-ortho nitro benzene ring substituents is 1. The van der Waals surface area contributed by atoms with Gasteiger partial charge in [0.25, 0.3) is 5.69 Å². The van der Waals surface area contributed by atoms with E-state index in [1.54, 1.807) is 29.0 Å². The minimum absolute atomic E-state index is 0.00653. The number of hydrogen-bond donors (Lipinski definition) is 0. The highest BCUT2D eigenvalue weighted by Gasteiger charge is 2.37. The largest absolute Gasteiger partial charge is 0.339 e. The third-order valence-corrected chi connectivity index (χ3v) is 5.62. The van der Waals surface area contributed by atoms with E-state index in [1.165, 1.54) is 17.7 Å². The Morgan fingerprint density at radius 1 is 1.28 bits per heavy atom. The van der Waals surface area contributed by atoms with Crippen LogP contribution >= 0.6 is 0 Å². The van der Waals surface area contributed by atoms with Crippen molar-refractivity contribution in [3.8, 4) is 0 Å². The molecule has 2 aromatic rings. The molecule has 1 heterocycles. The number of carbonyl (C=O) groups excluding carboxylic acids is 2. The molecule has 7 nitrogen and oxygen atoms in total.